The summed E-state index contributed by atoms with van der Waals surface area (Å²) in [6.45, 7) is 0.600. The van der Waals surface area contributed by atoms with E-state index in [4.69, 9.17) is 11.6 Å². The van der Waals surface area contributed by atoms with Crippen molar-refractivity contribution in [1.29, 1.82) is 0 Å². The summed E-state index contributed by atoms with van der Waals surface area (Å²) in [5, 5.41) is 15.4. The van der Waals surface area contributed by atoms with Crippen LogP contribution < -0.4 is 10.6 Å². The molecular weight excluding hydrogens is 400 g/mol. The zero-order valence-corrected chi connectivity index (χ0v) is 17.4. The van der Waals surface area contributed by atoms with Crippen LogP contribution in [0.15, 0.2) is 59.9 Å². The Morgan fingerprint density at radius 3 is 2.70 bits per heavy atom. The van der Waals surface area contributed by atoms with Crippen LogP contribution in [0, 0.1) is 0 Å². The Hall–Kier alpha value is -3.65. The van der Waals surface area contributed by atoms with Crippen molar-refractivity contribution >= 4 is 52.0 Å². The van der Waals surface area contributed by atoms with Crippen LogP contribution in [0.3, 0.4) is 0 Å². The van der Waals surface area contributed by atoms with Crippen molar-refractivity contribution in [2.24, 2.45) is 4.99 Å². The molecule has 0 spiro atoms. The van der Waals surface area contributed by atoms with E-state index in [2.05, 4.69) is 35.8 Å². The molecule has 0 radical (unpaired) electrons. The Balaban J connectivity index is 1.52. The lowest BCUT2D eigenvalue weighted by Crippen LogP contribution is -2.06. The molecule has 30 heavy (non-hydrogen) atoms. The lowest BCUT2D eigenvalue weighted by molar-refractivity contribution is 0.643. The Morgan fingerprint density at radius 2 is 1.93 bits per heavy atom. The zero-order chi connectivity index (χ0) is 20.9. The molecule has 0 saturated heterocycles. The van der Waals surface area contributed by atoms with E-state index in [0.29, 0.717) is 28.9 Å². The normalized spacial score (nSPS) is 11.2. The highest BCUT2D eigenvalue weighted by Gasteiger charge is 2.13. The highest BCUT2D eigenvalue weighted by molar-refractivity contribution is 6.30. The first-order valence-corrected chi connectivity index (χ1v) is 9.71. The number of halogens is 1. The van der Waals surface area contributed by atoms with Crippen LogP contribution in [0.2, 0.25) is 5.02 Å². The standard InChI is InChI=1S/C21H21ClN8/c1-30(2)13-26-16-8-6-14(7-9-16)11-23-20-18-19(24-12-25-21(18)29-28-20)27-17-5-3-4-15(22)10-17/h3-10,12-13H,11H2,1-2H3,(H3,23,24,25,27,28,29). The van der Waals surface area contributed by atoms with Gasteiger partial charge in [-0.2, -0.15) is 5.10 Å². The topological polar surface area (TPSA) is 94.1 Å². The summed E-state index contributed by atoms with van der Waals surface area (Å²) in [6, 6.07) is 15.5. The van der Waals surface area contributed by atoms with Gasteiger partial charge in [-0.05, 0) is 35.9 Å². The number of hydrogen-bond acceptors (Lipinski definition) is 6. The third-order valence-corrected chi connectivity index (χ3v) is 4.51. The average molecular weight is 421 g/mol. The van der Waals surface area contributed by atoms with Crippen LogP contribution in [0.5, 0.6) is 0 Å². The van der Waals surface area contributed by atoms with E-state index in [1.54, 1.807) is 6.34 Å². The summed E-state index contributed by atoms with van der Waals surface area (Å²) in [5.41, 5.74) is 3.49. The van der Waals surface area contributed by atoms with Gasteiger partial charge in [0, 0.05) is 31.4 Å². The molecule has 2 aromatic heterocycles. The Morgan fingerprint density at radius 1 is 1.10 bits per heavy atom. The molecule has 0 aliphatic heterocycles. The van der Waals surface area contributed by atoms with E-state index in [9.17, 15) is 0 Å². The quantitative estimate of drug-likeness (QED) is 0.299. The van der Waals surface area contributed by atoms with Gasteiger partial charge in [-0.1, -0.05) is 29.8 Å². The highest BCUT2D eigenvalue weighted by Crippen LogP contribution is 2.29. The molecule has 4 rings (SSSR count). The first-order chi connectivity index (χ1) is 14.6. The molecule has 0 unspecified atom stereocenters. The molecular formula is C21H21ClN8. The smallest absolute Gasteiger partial charge is 0.162 e. The first-order valence-electron chi connectivity index (χ1n) is 9.33. The Labute approximate surface area is 179 Å². The third kappa shape index (κ3) is 4.66. The summed E-state index contributed by atoms with van der Waals surface area (Å²) in [5.74, 6) is 1.32. The maximum Gasteiger partial charge on any atom is 0.162 e. The van der Waals surface area contributed by atoms with E-state index in [1.807, 2.05) is 67.5 Å². The highest BCUT2D eigenvalue weighted by atomic mass is 35.5. The fraction of sp³-hybridized carbons (Fsp3) is 0.143. The molecule has 0 bridgehead atoms. The molecule has 8 nitrogen and oxygen atoms in total. The third-order valence-electron chi connectivity index (χ3n) is 4.28. The Kier molecular flexibility index (Phi) is 5.76. The predicted octanol–water partition coefficient (Wildman–Crippen LogP) is 4.58. The van der Waals surface area contributed by atoms with Gasteiger partial charge in [0.2, 0.25) is 0 Å². The minimum absolute atomic E-state index is 0.600. The molecule has 4 aromatic rings. The van der Waals surface area contributed by atoms with E-state index in [1.165, 1.54) is 6.33 Å². The SMILES string of the molecule is CN(C)C=Nc1ccc(CNc2n[nH]c3ncnc(Nc4cccc(Cl)c4)c23)cc1. The van der Waals surface area contributed by atoms with Gasteiger partial charge in [-0.3, -0.25) is 5.10 Å². The van der Waals surface area contributed by atoms with E-state index in [0.717, 1.165) is 22.3 Å². The largest absolute Gasteiger partial charge is 0.369 e. The summed E-state index contributed by atoms with van der Waals surface area (Å²) in [6.07, 6.45) is 3.27. The van der Waals surface area contributed by atoms with Crippen molar-refractivity contribution in [2.75, 3.05) is 24.7 Å². The van der Waals surface area contributed by atoms with Gasteiger partial charge >= 0.3 is 0 Å². The Bertz CT molecular complexity index is 1170. The van der Waals surface area contributed by atoms with Gasteiger partial charge in [0.15, 0.2) is 11.5 Å². The number of nitrogens with one attached hydrogen (secondary N) is 3. The first kappa shape index (κ1) is 19.7. The average Bonchev–Trinajstić information content (AvgIpc) is 3.16. The zero-order valence-electron chi connectivity index (χ0n) is 16.6. The van der Waals surface area contributed by atoms with Crippen molar-refractivity contribution < 1.29 is 0 Å². The van der Waals surface area contributed by atoms with Gasteiger partial charge in [-0.25, -0.2) is 15.0 Å². The number of aliphatic imine (C=N–C) groups is 1. The van der Waals surface area contributed by atoms with Crippen molar-refractivity contribution in [3.05, 3.63) is 65.4 Å². The van der Waals surface area contributed by atoms with Crippen molar-refractivity contribution in [3.63, 3.8) is 0 Å². The van der Waals surface area contributed by atoms with Gasteiger partial charge in [0.05, 0.1) is 12.0 Å². The molecule has 3 N–H and O–H groups in total. The number of aromatic amines is 1. The van der Waals surface area contributed by atoms with Crippen LogP contribution in [0.1, 0.15) is 5.56 Å². The van der Waals surface area contributed by atoms with E-state index in [-0.39, 0.29) is 0 Å². The number of anilines is 3. The minimum atomic E-state index is 0.600. The molecule has 2 aromatic carbocycles. The molecule has 0 fully saturated rings. The fourth-order valence-electron chi connectivity index (χ4n) is 2.85. The molecule has 2 heterocycles. The number of rotatable bonds is 7. The number of fused-ring (bicyclic) bond motifs is 1. The van der Waals surface area contributed by atoms with Gasteiger partial charge < -0.3 is 15.5 Å². The van der Waals surface area contributed by atoms with Gasteiger partial charge in [0.25, 0.3) is 0 Å². The second-order valence-corrected chi connectivity index (χ2v) is 7.32. The van der Waals surface area contributed by atoms with E-state index >= 15 is 0 Å². The predicted molar refractivity (Wildman–Crippen MR) is 122 cm³/mol. The number of H-pyrrole nitrogens is 1. The minimum Gasteiger partial charge on any atom is -0.369 e. The van der Waals surface area contributed by atoms with Crippen LogP contribution in [-0.4, -0.2) is 45.5 Å². The summed E-state index contributed by atoms with van der Waals surface area (Å²) >= 11 is 6.09. The number of nitrogens with zero attached hydrogens (tertiary/aromatic N) is 5. The molecule has 0 aliphatic rings. The molecule has 0 aliphatic carbocycles. The maximum atomic E-state index is 6.09. The van der Waals surface area contributed by atoms with Gasteiger partial charge in [-0.15, -0.1) is 0 Å². The van der Waals surface area contributed by atoms with Crippen LogP contribution in [-0.2, 0) is 6.54 Å². The fourth-order valence-corrected chi connectivity index (χ4v) is 3.04. The van der Waals surface area contributed by atoms with Crippen molar-refractivity contribution in [1.82, 2.24) is 25.1 Å². The molecule has 0 saturated carbocycles. The van der Waals surface area contributed by atoms with Crippen LogP contribution in [0.4, 0.5) is 23.0 Å². The van der Waals surface area contributed by atoms with Crippen molar-refractivity contribution in [2.45, 2.75) is 6.54 Å². The number of aromatic nitrogens is 4. The van der Waals surface area contributed by atoms with Crippen LogP contribution >= 0.6 is 11.6 Å². The molecule has 9 heteroatoms. The summed E-state index contributed by atoms with van der Waals surface area (Å²) < 4.78 is 0. The number of benzene rings is 2. The second-order valence-electron chi connectivity index (χ2n) is 6.88. The van der Waals surface area contributed by atoms with Crippen molar-refractivity contribution in [3.8, 4) is 0 Å². The monoisotopic (exact) mass is 420 g/mol. The molecule has 152 valence electrons. The lowest BCUT2D eigenvalue weighted by Gasteiger charge is -2.09. The second kappa shape index (κ2) is 8.79. The number of hydrogen-bond donors (Lipinski definition) is 3. The maximum absolute atomic E-state index is 6.09. The molecule has 0 amide bonds. The lowest BCUT2D eigenvalue weighted by atomic mass is 10.2. The molecule has 0 atom stereocenters. The summed E-state index contributed by atoms with van der Waals surface area (Å²) in [7, 11) is 3.88. The van der Waals surface area contributed by atoms with Gasteiger partial charge in [0.1, 0.15) is 17.5 Å². The summed E-state index contributed by atoms with van der Waals surface area (Å²) in [4.78, 5) is 14.9. The van der Waals surface area contributed by atoms with E-state index < -0.39 is 0 Å². The van der Waals surface area contributed by atoms with Crippen LogP contribution in [0.25, 0.3) is 11.0 Å².